The zero-order valence-electron chi connectivity index (χ0n) is 33.9. The van der Waals surface area contributed by atoms with E-state index in [1.54, 1.807) is 0 Å². The standard InChI is InChI=1S/C42H70O13/c1-20(2)16-25-30(45)21(19-51-25)22-10-14-42(7)24-8-9-28-39(3,4)29(12-13-40(28,5)23(24)11-15-41(22,42)6)54-38-36(34(49)32(47)27(18-44)53-38)55-37-35(50)33(48)31(46)26(17-43)52-37/h16,21-38,43-50H,8-15,17-19H2,1-7H3/t21-,22-,23+,24-,25+,26+,27-,28-,29-,30-,31-,32-,33-,34+,35-,36-,37-,38+,40-,41-,42+/m0/s1. The van der Waals surface area contributed by atoms with Gasteiger partial charge >= 0.3 is 0 Å². The number of ether oxygens (including phenoxy) is 5. The van der Waals surface area contributed by atoms with E-state index in [2.05, 4.69) is 54.5 Å². The van der Waals surface area contributed by atoms with Gasteiger partial charge in [0.05, 0.1) is 32.0 Å². The molecule has 0 aromatic carbocycles. The second-order valence-electron chi connectivity index (χ2n) is 20.1. The Morgan fingerprint density at radius 1 is 0.636 bits per heavy atom. The molecular formula is C42H70O13. The zero-order valence-corrected chi connectivity index (χ0v) is 33.9. The van der Waals surface area contributed by atoms with E-state index in [1.807, 2.05) is 0 Å². The fraction of sp³-hybridized carbons (Fsp3) is 0.952. The average Bonchev–Trinajstić information content (AvgIpc) is 3.62. The summed E-state index contributed by atoms with van der Waals surface area (Å²) in [7, 11) is 0. The van der Waals surface area contributed by atoms with Crippen molar-refractivity contribution in [3.05, 3.63) is 11.6 Å². The lowest BCUT2D eigenvalue weighted by atomic mass is 9.38. The molecule has 7 fully saturated rings. The summed E-state index contributed by atoms with van der Waals surface area (Å²) in [6.45, 7) is 15.5. The topological polar surface area (TPSA) is 208 Å². The molecule has 0 aromatic rings. The van der Waals surface area contributed by atoms with Gasteiger partial charge in [0.2, 0.25) is 0 Å². The van der Waals surface area contributed by atoms with Gasteiger partial charge in [-0.05, 0) is 111 Å². The van der Waals surface area contributed by atoms with Gasteiger partial charge in [0.15, 0.2) is 12.6 Å². The molecule has 0 bridgehead atoms. The lowest BCUT2D eigenvalue weighted by molar-refractivity contribution is -0.378. The summed E-state index contributed by atoms with van der Waals surface area (Å²) in [4.78, 5) is 0. The summed E-state index contributed by atoms with van der Waals surface area (Å²) in [5.74, 6) is 1.98. The Morgan fingerprint density at radius 3 is 1.87 bits per heavy atom. The highest BCUT2D eigenvalue weighted by atomic mass is 16.8. The van der Waals surface area contributed by atoms with Crippen LogP contribution >= 0.6 is 0 Å². The first kappa shape index (κ1) is 42.3. The summed E-state index contributed by atoms with van der Waals surface area (Å²) < 4.78 is 30.6. The first-order valence-electron chi connectivity index (χ1n) is 21.0. The Bertz CT molecular complexity index is 1390. The van der Waals surface area contributed by atoms with Crippen molar-refractivity contribution in [3.63, 3.8) is 0 Å². The maximum atomic E-state index is 11.5. The van der Waals surface area contributed by atoms with Gasteiger partial charge in [0.25, 0.3) is 0 Å². The predicted octanol–water partition coefficient (Wildman–Crippen LogP) is 2.02. The van der Waals surface area contributed by atoms with Crippen molar-refractivity contribution >= 4 is 0 Å². The Kier molecular flexibility index (Phi) is 11.8. The molecule has 0 aromatic heterocycles. The molecule has 3 saturated heterocycles. The highest BCUT2D eigenvalue weighted by Crippen LogP contribution is 2.75. The number of rotatable bonds is 8. The van der Waals surface area contributed by atoms with Crippen LogP contribution in [0.2, 0.25) is 0 Å². The van der Waals surface area contributed by atoms with Gasteiger partial charge in [-0.1, -0.05) is 46.3 Å². The van der Waals surface area contributed by atoms with Crippen molar-refractivity contribution in [2.45, 2.75) is 180 Å². The number of hydrogen-bond donors (Lipinski definition) is 8. The number of aliphatic hydroxyl groups excluding tert-OH is 8. The fourth-order valence-corrected chi connectivity index (χ4v) is 13.8. The van der Waals surface area contributed by atoms with Crippen LogP contribution in [0.25, 0.3) is 0 Å². The third kappa shape index (κ3) is 6.71. The molecule has 4 aliphatic carbocycles. The van der Waals surface area contributed by atoms with E-state index < -0.39 is 80.7 Å². The number of hydrogen-bond acceptors (Lipinski definition) is 13. The molecular weight excluding hydrogens is 712 g/mol. The minimum Gasteiger partial charge on any atom is -0.394 e. The molecule has 55 heavy (non-hydrogen) atoms. The number of allylic oxidation sites excluding steroid dienone is 1. The quantitative estimate of drug-likeness (QED) is 0.131. The lowest BCUT2D eigenvalue weighted by Gasteiger charge is -2.68. The summed E-state index contributed by atoms with van der Waals surface area (Å²) in [6, 6.07) is 0. The van der Waals surface area contributed by atoms with Crippen LogP contribution in [-0.4, -0.2) is 140 Å². The third-order valence-electron chi connectivity index (χ3n) is 17.0. The van der Waals surface area contributed by atoms with Crippen LogP contribution in [0.5, 0.6) is 0 Å². The van der Waals surface area contributed by atoms with E-state index in [1.165, 1.54) is 5.57 Å². The van der Waals surface area contributed by atoms with Gasteiger partial charge < -0.3 is 64.5 Å². The zero-order chi connectivity index (χ0) is 40.0. The van der Waals surface area contributed by atoms with Crippen LogP contribution in [0.3, 0.4) is 0 Å². The minimum atomic E-state index is -1.73. The van der Waals surface area contributed by atoms with Crippen molar-refractivity contribution in [3.8, 4) is 0 Å². The first-order chi connectivity index (χ1) is 25.8. The first-order valence-corrected chi connectivity index (χ1v) is 21.0. The second-order valence-corrected chi connectivity index (χ2v) is 20.1. The van der Waals surface area contributed by atoms with Crippen molar-refractivity contribution in [2.75, 3.05) is 19.8 Å². The monoisotopic (exact) mass is 782 g/mol. The Labute approximate surface area is 326 Å². The molecule has 13 heteroatoms. The smallest absolute Gasteiger partial charge is 0.187 e. The van der Waals surface area contributed by atoms with E-state index in [4.69, 9.17) is 23.7 Å². The molecule has 13 nitrogen and oxygen atoms in total. The molecule has 3 aliphatic heterocycles. The summed E-state index contributed by atoms with van der Waals surface area (Å²) in [5.41, 5.74) is 1.16. The van der Waals surface area contributed by atoms with Crippen molar-refractivity contribution in [1.82, 2.24) is 0 Å². The lowest BCUT2D eigenvalue weighted by Crippen LogP contribution is -2.66. The van der Waals surface area contributed by atoms with E-state index in [-0.39, 0.29) is 39.8 Å². The predicted molar refractivity (Wildman–Crippen MR) is 199 cm³/mol. The van der Waals surface area contributed by atoms with Gasteiger partial charge in [-0.25, -0.2) is 0 Å². The molecule has 3 heterocycles. The largest absolute Gasteiger partial charge is 0.394 e. The molecule has 7 aliphatic rings. The molecule has 0 amide bonds. The number of fused-ring (bicyclic) bond motifs is 5. The Hall–Kier alpha value is -0.780. The summed E-state index contributed by atoms with van der Waals surface area (Å²) >= 11 is 0. The van der Waals surface area contributed by atoms with E-state index >= 15 is 0 Å². The van der Waals surface area contributed by atoms with Crippen molar-refractivity contribution in [2.24, 2.45) is 51.2 Å². The van der Waals surface area contributed by atoms with Crippen LogP contribution in [0, 0.1) is 51.2 Å². The van der Waals surface area contributed by atoms with Crippen molar-refractivity contribution in [1.29, 1.82) is 0 Å². The molecule has 0 unspecified atom stereocenters. The van der Waals surface area contributed by atoms with Gasteiger partial charge in [0.1, 0.15) is 54.9 Å². The summed E-state index contributed by atoms with van der Waals surface area (Å²) in [5, 5.41) is 84.8. The van der Waals surface area contributed by atoms with Gasteiger partial charge in [-0.3, -0.25) is 0 Å². The highest BCUT2D eigenvalue weighted by molar-refractivity contribution is 5.18. The maximum Gasteiger partial charge on any atom is 0.187 e. The van der Waals surface area contributed by atoms with Crippen LogP contribution in [-0.2, 0) is 23.7 Å². The van der Waals surface area contributed by atoms with Gasteiger partial charge in [-0.15, -0.1) is 0 Å². The highest BCUT2D eigenvalue weighted by Gasteiger charge is 2.69. The Balaban J connectivity index is 1.08. The van der Waals surface area contributed by atoms with E-state index in [0.29, 0.717) is 36.7 Å². The third-order valence-corrected chi connectivity index (χ3v) is 17.0. The average molecular weight is 783 g/mol. The van der Waals surface area contributed by atoms with Gasteiger partial charge in [-0.2, -0.15) is 0 Å². The molecule has 316 valence electrons. The normalized spacial score (nSPS) is 55.0. The molecule has 21 atom stereocenters. The van der Waals surface area contributed by atoms with Crippen molar-refractivity contribution < 1.29 is 64.5 Å². The SMILES string of the molecule is CC(C)=C[C@H]1OC[C@@H]([C@@H]2CC[C@]3(C)[C@H]4CC[C@H]5C(C)(C)[C@@H](O[C@H]6O[C@@H](CO)[C@H](O)[C@@H](O)[C@@H]6O[C@@H]6O[C@H](CO)[C@H](O)[C@H](O)[C@@H]6O)CC[C@@]5(C)[C@@H]4CC[C@@]23C)[C@@H]1O. The van der Waals surface area contributed by atoms with Gasteiger partial charge in [0, 0.05) is 5.92 Å². The number of aliphatic hydroxyl groups is 8. The summed E-state index contributed by atoms with van der Waals surface area (Å²) in [6.07, 6.45) is -5.45. The van der Waals surface area contributed by atoms with Crippen LogP contribution in [0.1, 0.15) is 99.8 Å². The molecule has 0 radical (unpaired) electrons. The van der Waals surface area contributed by atoms with E-state index in [9.17, 15) is 40.9 Å². The van der Waals surface area contributed by atoms with Crippen LogP contribution < -0.4 is 0 Å². The maximum absolute atomic E-state index is 11.5. The van der Waals surface area contributed by atoms with E-state index in [0.717, 1.165) is 44.9 Å². The van der Waals surface area contributed by atoms with Crippen LogP contribution in [0.15, 0.2) is 11.6 Å². The minimum absolute atomic E-state index is 0.0578. The molecule has 4 saturated carbocycles. The molecule has 7 rings (SSSR count). The molecule has 0 spiro atoms. The molecule has 8 N–H and O–H groups in total. The second kappa shape index (κ2) is 15.4. The Morgan fingerprint density at radius 2 is 1.24 bits per heavy atom. The van der Waals surface area contributed by atoms with Crippen LogP contribution in [0.4, 0.5) is 0 Å². The fourth-order valence-electron chi connectivity index (χ4n) is 13.8.